The van der Waals surface area contributed by atoms with Gasteiger partial charge in [0.05, 0.1) is 11.1 Å². The highest BCUT2D eigenvalue weighted by molar-refractivity contribution is 6.32. The van der Waals surface area contributed by atoms with Gasteiger partial charge in [-0.1, -0.05) is 11.6 Å². The van der Waals surface area contributed by atoms with Crippen molar-refractivity contribution >= 4 is 23.2 Å². The Kier molecular flexibility index (Phi) is 2.79. The van der Waals surface area contributed by atoms with Crippen LogP contribution in [0.2, 0.25) is 5.15 Å². The Morgan fingerprint density at radius 2 is 1.75 bits per heavy atom. The van der Waals surface area contributed by atoms with Crippen molar-refractivity contribution in [2.45, 2.75) is 0 Å². The number of nitrogen functional groups attached to an aromatic ring is 1. The lowest BCUT2D eigenvalue weighted by Crippen LogP contribution is -2.05. The molecule has 0 fully saturated rings. The topological polar surface area (TPSA) is 56.2 Å². The van der Waals surface area contributed by atoms with Crippen molar-refractivity contribution in [3.05, 3.63) is 47.1 Å². The Morgan fingerprint density at radius 3 is 2.40 bits per heavy atom. The molecule has 0 saturated heterocycles. The number of nitrogens with two attached hydrogens (primary N) is 1. The number of hydrogen-bond acceptors (Lipinski definition) is 3. The molecule has 0 aliphatic carbocycles. The van der Waals surface area contributed by atoms with Crippen LogP contribution in [0.25, 0.3) is 16.9 Å². The summed E-state index contributed by atoms with van der Waals surface area (Å²) in [5.74, 6) is -3.11. The quantitative estimate of drug-likeness (QED) is 0.703. The molecule has 0 unspecified atom stereocenters. The van der Waals surface area contributed by atoms with Crippen LogP contribution in [0, 0.1) is 17.5 Å². The van der Waals surface area contributed by atoms with Crippen molar-refractivity contribution in [3.8, 4) is 11.1 Å². The van der Waals surface area contributed by atoms with Crippen LogP contribution >= 0.6 is 11.6 Å². The van der Waals surface area contributed by atoms with Gasteiger partial charge in [0.15, 0.2) is 0 Å². The number of nitrogens with zero attached hydrogens (tertiary/aromatic N) is 3. The minimum atomic E-state index is -1.11. The van der Waals surface area contributed by atoms with E-state index < -0.39 is 23.0 Å². The van der Waals surface area contributed by atoms with E-state index in [0.29, 0.717) is 12.1 Å². The molecule has 0 bridgehead atoms. The molecule has 0 aliphatic heterocycles. The van der Waals surface area contributed by atoms with Crippen LogP contribution < -0.4 is 5.73 Å². The van der Waals surface area contributed by atoms with E-state index in [2.05, 4.69) is 9.97 Å². The average molecular weight is 299 g/mol. The summed E-state index contributed by atoms with van der Waals surface area (Å²) in [5.41, 5.74) is 5.17. The number of imidazole rings is 1. The number of halogens is 4. The molecule has 2 heterocycles. The van der Waals surface area contributed by atoms with Crippen molar-refractivity contribution < 1.29 is 13.2 Å². The molecule has 3 rings (SSSR count). The second-order valence-electron chi connectivity index (χ2n) is 4.00. The second-order valence-corrected chi connectivity index (χ2v) is 4.36. The molecule has 1 aromatic carbocycles. The summed E-state index contributed by atoms with van der Waals surface area (Å²) in [4.78, 5) is 7.76. The first kappa shape index (κ1) is 12.7. The molecular weight excluding hydrogens is 293 g/mol. The molecule has 0 radical (unpaired) electrons. The van der Waals surface area contributed by atoms with Crippen LogP contribution in [-0.4, -0.2) is 14.4 Å². The van der Waals surface area contributed by atoms with Crippen molar-refractivity contribution in [1.29, 1.82) is 0 Å². The normalized spacial score (nSPS) is 11.2. The van der Waals surface area contributed by atoms with Gasteiger partial charge < -0.3 is 5.73 Å². The van der Waals surface area contributed by atoms with E-state index in [-0.39, 0.29) is 22.3 Å². The van der Waals surface area contributed by atoms with Crippen molar-refractivity contribution in [1.82, 2.24) is 14.4 Å². The van der Waals surface area contributed by atoms with Gasteiger partial charge in [-0.15, -0.1) is 0 Å². The van der Waals surface area contributed by atoms with E-state index >= 15 is 0 Å². The Bertz CT molecular complexity index is 808. The van der Waals surface area contributed by atoms with Gasteiger partial charge in [0.25, 0.3) is 0 Å². The molecule has 20 heavy (non-hydrogen) atoms. The van der Waals surface area contributed by atoms with Crippen molar-refractivity contribution in [2.24, 2.45) is 0 Å². The SMILES string of the molecule is Nc1c(-c2c(F)cc(F)cc2F)c(Cl)nc2nccn12. The third-order valence-electron chi connectivity index (χ3n) is 2.80. The van der Waals surface area contributed by atoms with Gasteiger partial charge >= 0.3 is 0 Å². The van der Waals surface area contributed by atoms with Crippen LogP contribution in [0.4, 0.5) is 19.0 Å². The lowest BCUT2D eigenvalue weighted by molar-refractivity contribution is 0.548. The summed E-state index contributed by atoms with van der Waals surface area (Å²) in [6.45, 7) is 0. The van der Waals surface area contributed by atoms with Gasteiger partial charge in [0, 0.05) is 24.5 Å². The summed E-state index contributed by atoms with van der Waals surface area (Å²) in [5, 5.41) is -0.217. The predicted molar refractivity (Wildman–Crippen MR) is 67.7 cm³/mol. The molecule has 0 amide bonds. The Labute approximate surface area is 115 Å². The highest BCUT2D eigenvalue weighted by Gasteiger charge is 2.21. The Balaban J connectivity index is 2.40. The number of fused-ring (bicyclic) bond motifs is 1. The fourth-order valence-electron chi connectivity index (χ4n) is 1.95. The van der Waals surface area contributed by atoms with Crippen LogP contribution in [0.3, 0.4) is 0 Å². The standard InChI is InChI=1S/C12H6ClF3N4/c13-10-9(8-6(15)3-5(14)4-7(8)16)11(17)20-2-1-18-12(20)19-10/h1-4H,17H2. The van der Waals surface area contributed by atoms with Gasteiger partial charge in [-0.25, -0.2) is 18.2 Å². The molecule has 3 aromatic rings. The minimum Gasteiger partial charge on any atom is -0.384 e. The molecule has 0 atom stereocenters. The largest absolute Gasteiger partial charge is 0.384 e. The van der Waals surface area contributed by atoms with Crippen LogP contribution in [0.15, 0.2) is 24.5 Å². The first-order valence-corrected chi connectivity index (χ1v) is 5.80. The minimum absolute atomic E-state index is 0.0399. The molecule has 102 valence electrons. The van der Waals surface area contributed by atoms with Gasteiger partial charge in [0.1, 0.15) is 28.4 Å². The number of aromatic nitrogens is 3. The predicted octanol–water partition coefficient (Wildman–Crippen LogP) is 3.05. The molecule has 2 N–H and O–H groups in total. The summed E-state index contributed by atoms with van der Waals surface area (Å²) in [6.07, 6.45) is 2.88. The van der Waals surface area contributed by atoms with Gasteiger partial charge in [-0.3, -0.25) is 4.40 Å². The number of hydrogen-bond donors (Lipinski definition) is 1. The molecular formula is C12H6ClF3N4. The fraction of sp³-hybridized carbons (Fsp3) is 0. The van der Waals surface area contributed by atoms with Crippen molar-refractivity contribution in [3.63, 3.8) is 0 Å². The summed E-state index contributed by atoms with van der Waals surface area (Å²) in [6, 6.07) is 1.10. The maximum atomic E-state index is 13.8. The molecule has 4 nitrogen and oxygen atoms in total. The summed E-state index contributed by atoms with van der Waals surface area (Å²) >= 11 is 5.91. The van der Waals surface area contributed by atoms with Gasteiger partial charge in [0.2, 0.25) is 5.78 Å². The summed E-state index contributed by atoms with van der Waals surface area (Å²) in [7, 11) is 0. The van der Waals surface area contributed by atoms with E-state index in [1.807, 2.05) is 0 Å². The molecule has 8 heteroatoms. The first-order valence-electron chi connectivity index (χ1n) is 5.42. The van der Waals surface area contributed by atoms with E-state index in [0.717, 1.165) is 0 Å². The van der Waals surface area contributed by atoms with Gasteiger partial charge in [-0.05, 0) is 0 Å². The summed E-state index contributed by atoms with van der Waals surface area (Å²) < 4.78 is 41.9. The number of benzene rings is 1. The maximum Gasteiger partial charge on any atom is 0.236 e. The zero-order chi connectivity index (χ0) is 14.4. The lowest BCUT2D eigenvalue weighted by atomic mass is 10.1. The zero-order valence-corrected chi connectivity index (χ0v) is 10.5. The van der Waals surface area contributed by atoms with E-state index in [4.69, 9.17) is 17.3 Å². The first-order chi connectivity index (χ1) is 9.49. The van der Waals surface area contributed by atoms with Crippen LogP contribution in [-0.2, 0) is 0 Å². The Morgan fingerprint density at radius 1 is 1.10 bits per heavy atom. The van der Waals surface area contributed by atoms with E-state index in [1.165, 1.54) is 16.8 Å². The lowest BCUT2D eigenvalue weighted by Gasteiger charge is -2.11. The maximum absolute atomic E-state index is 13.8. The zero-order valence-electron chi connectivity index (χ0n) is 9.74. The molecule has 0 aliphatic rings. The monoisotopic (exact) mass is 298 g/mol. The van der Waals surface area contributed by atoms with Gasteiger partial charge in [-0.2, -0.15) is 4.98 Å². The number of anilines is 1. The van der Waals surface area contributed by atoms with Crippen molar-refractivity contribution in [2.75, 3.05) is 5.73 Å². The second kappa shape index (κ2) is 4.38. The van der Waals surface area contributed by atoms with E-state index in [1.54, 1.807) is 0 Å². The number of rotatable bonds is 1. The van der Waals surface area contributed by atoms with Crippen LogP contribution in [0.5, 0.6) is 0 Å². The highest BCUT2D eigenvalue weighted by atomic mass is 35.5. The smallest absolute Gasteiger partial charge is 0.236 e. The average Bonchev–Trinajstić information content (AvgIpc) is 2.80. The Hall–Kier alpha value is -2.28. The molecule has 2 aromatic heterocycles. The third-order valence-corrected chi connectivity index (χ3v) is 3.07. The highest BCUT2D eigenvalue weighted by Crippen LogP contribution is 2.36. The van der Waals surface area contributed by atoms with E-state index in [9.17, 15) is 13.2 Å². The molecule has 0 spiro atoms. The van der Waals surface area contributed by atoms with Crippen LogP contribution in [0.1, 0.15) is 0 Å². The molecule has 0 saturated carbocycles. The fourth-order valence-corrected chi connectivity index (χ4v) is 2.22. The third kappa shape index (κ3) is 1.78.